The number of halogens is 4. The van der Waals surface area contributed by atoms with Gasteiger partial charge in [0.15, 0.2) is 0 Å². The summed E-state index contributed by atoms with van der Waals surface area (Å²) >= 11 is 24.9. The Kier molecular flexibility index (Phi) is 9.70. The number of anilines is 1. The van der Waals surface area contributed by atoms with E-state index in [0.717, 1.165) is 10.6 Å². The summed E-state index contributed by atoms with van der Waals surface area (Å²) in [7, 11) is -2.49. The Balaban J connectivity index is 2.54. The minimum atomic E-state index is -3.94. The molecule has 0 aliphatic carbocycles. The highest BCUT2D eigenvalue weighted by Crippen LogP contribution is 2.34. The van der Waals surface area contributed by atoms with Crippen LogP contribution >= 0.6 is 46.4 Å². The smallest absolute Gasteiger partial charge is 0.244 e. The van der Waals surface area contributed by atoms with Crippen molar-refractivity contribution in [3.63, 3.8) is 0 Å². The SMILES string of the molecule is CCC(C(=O)NC)N(Cc1c(Cl)cccc1Cl)C(=O)CN(c1cccc(Cl)c1Cl)S(C)(=O)=O. The van der Waals surface area contributed by atoms with Gasteiger partial charge in [-0.05, 0) is 30.7 Å². The topological polar surface area (TPSA) is 86.8 Å². The van der Waals surface area contributed by atoms with E-state index in [4.69, 9.17) is 46.4 Å². The highest BCUT2D eigenvalue weighted by molar-refractivity contribution is 7.92. The molecule has 0 aliphatic rings. The second kappa shape index (κ2) is 11.6. The first-order valence-electron chi connectivity index (χ1n) is 9.78. The molecular formula is C21H23Cl4N3O4S. The Morgan fingerprint density at radius 2 is 1.55 bits per heavy atom. The molecule has 0 fully saturated rings. The maximum absolute atomic E-state index is 13.5. The van der Waals surface area contributed by atoms with Crippen LogP contribution < -0.4 is 9.62 Å². The molecule has 7 nitrogen and oxygen atoms in total. The van der Waals surface area contributed by atoms with Crippen LogP contribution in [-0.4, -0.2) is 51.0 Å². The van der Waals surface area contributed by atoms with Gasteiger partial charge in [0, 0.05) is 29.2 Å². The molecular weight excluding hydrogens is 532 g/mol. The number of amides is 2. The Morgan fingerprint density at radius 1 is 1.00 bits per heavy atom. The third-order valence-electron chi connectivity index (χ3n) is 4.90. The molecule has 2 rings (SSSR count). The number of carbonyl (C=O) groups excluding carboxylic acids is 2. The van der Waals surface area contributed by atoms with Gasteiger partial charge in [-0.1, -0.05) is 65.5 Å². The minimum Gasteiger partial charge on any atom is -0.357 e. The fourth-order valence-electron chi connectivity index (χ4n) is 3.22. The van der Waals surface area contributed by atoms with Crippen molar-refractivity contribution in [2.24, 2.45) is 0 Å². The second-order valence-electron chi connectivity index (χ2n) is 7.10. The summed E-state index contributed by atoms with van der Waals surface area (Å²) in [5.41, 5.74) is 0.479. The Labute approximate surface area is 213 Å². The number of benzene rings is 2. The fourth-order valence-corrected chi connectivity index (χ4v) is 5.04. The average Bonchev–Trinajstić information content (AvgIpc) is 2.74. The van der Waals surface area contributed by atoms with E-state index in [1.807, 2.05) is 0 Å². The van der Waals surface area contributed by atoms with Gasteiger partial charge >= 0.3 is 0 Å². The number of nitrogens with zero attached hydrogens (tertiary/aromatic N) is 2. The number of carbonyl (C=O) groups is 2. The van der Waals surface area contributed by atoms with E-state index < -0.39 is 34.4 Å². The normalized spacial score (nSPS) is 12.2. The molecule has 0 spiro atoms. The average molecular weight is 555 g/mol. The summed E-state index contributed by atoms with van der Waals surface area (Å²) in [4.78, 5) is 27.3. The van der Waals surface area contributed by atoms with Crippen molar-refractivity contribution < 1.29 is 18.0 Å². The fraction of sp³-hybridized carbons (Fsp3) is 0.333. The monoisotopic (exact) mass is 553 g/mol. The number of hydrogen-bond donors (Lipinski definition) is 1. The molecule has 12 heteroatoms. The minimum absolute atomic E-state index is 0.0172. The van der Waals surface area contributed by atoms with Crippen molar-refractivity contribution in [2.75, 3.05) is 24.2 Å². The van der Waals surface area contributed by atoms with E-state index in [9.17, 15) is 18.0 Å². The molecule has 0 saturated heterocycles. The van der Waals surface area contributed by atoms with Crippen LogP contribution in [0.25, 0.3) is 0 Å². The van der Waals surface area contributed by atoms with Gasteiger partial charge in [-0.15, -0.1) is 0 Å². The van der Waals surface area contributed by atoms with Crippen LogP contribution in [0.1, 0.15) is 18.9 Å². The highest BCUT2D eigenvalue weighted by Gasteiger charge is 2.32. The summed E-state index contributed by atoms with van der Waals surface area (Å²) < 4.78 is 26.0. The number of sulfonamides is 1. The zero-order valence-corrected chi connectivity index (χ0v) is 22.0. The largest absolute Gasteiger partial charge is 0.357 e. The van der Waals surface area contributed by atoms with E-state index >= 15 is 0 Å². The molecule has 0 radical (unpaired) electrons. The predicted octanol–water partition coefficient (Wildman–Crippen LogP) is 4.62. The van der Waals surface area contributed by atoms with E-state index in [-0.39, 0.29) is 28.7 Å². The van der Waals surface area contributed by atoms with Gasteiger partial charge in [0.05, 0.1) is 22.0 Å². The van der Waals surface area contributed by atoms with Crippen LogP contribution in [0, 0.1) is 0 Å². The van der Waals surface area contributed by atoms with Crippen LogP contribution in [0.4, 0.5) is 5.69 Å². The molecule has 1 atom stereocenters. The van der Waals surface area contributed by atoms with Crippen LogP contribution in [0.5, 0.6) is 0 Å². The molecule has 2 aromatic rings. The molecule has 33 heavy (non-hydrogen) atoms. The highest BCUT2D eigenvalue weighted by atomic mass is 35.5. The lowest BCUT2D eigenvalue weighted by molar-refractivity contribution is -0.140. The van der Waals surface area contributed by atoms with E-state index in [1.165, 1.54) is 30.1 Å². The van der Waals surface area contributed by atoms with Gasteiger partial charge < -0.3 is 10.2 Å². The third-order valence-corrected chi connectivity index (χ3v) is 7.55. The number of nitrogens with one attached hydrogen (secondary N) is 1. The van der Waals surface area contributed by atoms with Crippen LogP contribution in [0.2, 0.25) is 20.1 Å². The van der Waals surface area contributed by atoms with E-state index in [1.54, 1.807) is 25.1 Å². The first kappa shape index (κ1) is 27.5. The van der Waals surface area contributed by atoms with Crippen LogP contribution in [-0.2, 0) is 26.2 Å². The van der Waals surface area contributed by atoms with E-state index in [2.05, 4.69) is 5.32 Å². The first-order chi connectivity index (χ1) is 15.4. The predicted molar refractivity (Wildman–Crippen MR) is 134 cm³/mol. The Bertz CT molecular complexity index is 1120. The molecule has 180 valence electrons. The van der Waals surface area contributed by atoms with Gasteiger partial charge in [0.2, 0.25) is 21.8 Å². The lowest BCUT2D eigenvalue weighted by atomic mass is 10.1. The Hall–Kier alpha value is -1.71. The Morgan fingerprint density at radius 3 is 2.06 bits per heavy atom. The van der Waals surface area contributed by atoms with Crippen molar-refractivity contribution in [2.45, 2.75) is 25.9 Å². The molecule has 1 unspecified atom stereocenters. The summed E-state index contributed by atoms with van der Waals surface area (Å²) in [5.74, 6) is -1.07. The van der Waals surface area contributed by atoms with E-state index in [0.29, 0.717) is 15.6 Å². The van der Waals surface area contributed by atoms with Crippen molar-refractivity contribution in [1.82, 2.24) is 10.2 Å². The molecule has 0 heterocycles. The molecule has 2 amide bonds. The maximum atomic E-state index is 13.5. The number of likely N-dealkylation sites (N-methyl/N-ethyl adjacent to an activating group) is 1. The standard InChI is InChI=1S/C21H23Cl4N3O4S/c1-4-17(21(30)26-2)27(11-13-14(22)7-5-8-15(13)23)19(29)12-28(33(3,31)32)18-10-6-9-16(24)20(18)25/h5-10,17H,4,11-12H2,1-3H3,(H,26,30). The maximum Gasteiger partial charge on any atom is 0.244 e. The summed E-state index contributed by atoms with van der Waals surface area (Å²) in [6.45, 7) is 1.01. The molecule has 0 bridgehead atoms. The zero-order valence-electron chi connectivity index (χ0n) is 18.1. The van der Waals surface area contributed by atoms with Crippen LogP contribution in [0.15, 0.2) is 36.4 Å². The van der Waals surface area contributed by atoms with Crippen molar-refractivity contribution >= 4 is 73.9 Å². The quantitative estimate of drug-likeness (QED) is 0.490. The van der Waals surface area contributed by atoms with Gasteiger partial charge in [0.1, 0.15) is 12.6 Å². The molecule has 1 N–H and O–H groups in total. The van der Waals surface area contributed by atoms with Crippen molar-refractivity contribution in [3.05, 3.63) is 62.1 Å². The first-order valence-corrected chi connectivity index (χ1v) is 13.1. The van der Waals surface area contributed by atoms with Crippen LogP contribution in [0.3, 0.4) is 0 Å². The molecule has 0 saturated carbocycles. The molecule has 0 aliphatic heterocycles. The van der Waals surface area contributed by atoms with Gasteiger partial charge in [0.25, 0.3) is 0 Å². The van der Waals surface area contributed by atoms with Gasteiger partial charge in [-0.2, -0.15) is 0 Å². The van der Waals surface area contributed by atoms with Gasteiger partial charge in [-0.25, -0.2) is 8.42 Å². The number of hydrogen-bond acceptors (Lipinski definition) is 4. The number of rotatable bonds is 9. The second-order valence-corrected chi connectivity index (χ2v) is 10.6. The van der Waals surface area contributed by atoms with Crippen molar-refractivity contribution in [1.29, 1.82) is 0 Å². The third kappa shape index (κ3) is 6.67. The van der Waals surface area contributed by atoms with Crippen molar-refractivity contribution in [3.8, 4) is 0 Å². The summed E-state index contributed by atoms with van der Waals surface area (Å²) in [6.07, 6.45) is 1.22. The summed E-state index contributed by atoms with van der Waals surface area (Å²) in [6, 6.07) is 8.44. The lowest BCUT2D eigenvalue weighted by Gasteiger charge is -2.33. The molecule has 2 aromatic carbocycles. The zero-order chi connectivity index (χ0) is 24.9. The van der Waals surface area contributed by atoms with Gasteiger partial charge in [-0.3, -0.25) is 13.9 Å². The molecule has 0 aromatic heterocycles. The lowest BCUT2D eigenvalue weighted by Crippen LogP contribution is -2.51. The summed E-state index contributed by atoms with van der Waals surface area (Å²) in [5, 5.41) is 3.26.